The van der Waals surface area contributed by atoms with Gasteiger partial charge in [0.05, 0.1) is 17.3 Å². The maximum Gasteiger partial charge on any atom is 0.271 e. The lowest BCUT2D eigenvalue weighted by Gasteiger charge is -2.16. The Morgan fingerprint density at radius 1 is 1.23 bits per heavy atom. The van der Waals surface area contributed by atoms with Gasteiger partial charge < -0.3 is 4.90 Å². The van der Waals surface area contributed by atoms with Crippen molar-refractivity contribution in [1.29, 1.82) is 5.26 Å². The van der Waals surface area contributed by atoms with E-state index >= 15 is 0 Å². The molecule has 0 radical (unpaired) electrons. The normalized spacial score (nSPS) is 16.1. The molecular formula is C24H25N5O. The predicted octanol–water partition coefficient (Wildman–Crippen LogP) is 4.40. The lowest BCUT2D eigenvalue weighted by Crippen LogP contribution is -2.28. The van der Waals surface area contributed by atoms with E-state index in [9.17, 15) is 10.1 Å². The number of carbonyl (C=O) groups excluding carboxylic acids is 1. The summed E-state index contributed by atoms with van der Waals surface area (Å²) in [5.41, 5.74) is 6.07. The number of aryl methyl sites for hydroxylation is 1. The molecule has 6 heteroatoms. The smallest absolute Gasteiger partial charge is 0.271 e. The van der Waals surface area contributed by atoms with Crippen LogP contribution in [0.3, 0.4) is 0 Å². The Morgan fingerprint density at radius 2 is 2.07 bits per heavy atom. The number of pyridine rings is 1. The quantitative estimate of drug-likeness (QED) is 0.704. The summed E-state index contributed by atoms with van der Waals surface area (Å²) >= 11 is 0. The van der Waals surface area contributed by atoms with Gasteiger partial charge in [0.1, 0.15) is 5.69 Å². The topological polar surface area (TPSA) is 85.7 Å². The van der Waals surface area contributed by atoms with E-state index < -0.39 is 0 Å². The average molecular weight is 399 g/mol. The zero-order valence-electron chi connectivity index (χ0n) is 17.5. The number of H-pyrrole nitrogens is 1. The van der Waals surface area contributed by atoms with E-state index in [1.807, 2.05) is 42.2 Å². The molecule has 1 fully saturated rings. The number of nitrogens with one attached hydrogen (secondary N) is 1. The molecular weight excluding hydrogens is 374 g/mol. The molecule has 0 bridgehead atoms. The minimum atomic E-state index is -0.00787. The van der Waals surface area contributed by atoms with Gasteiger partial charge in [0, 0.05) is 30.4 Å². The Balaban J connectivity index is 1.54. The zero-order valence-corrected chi connectivity index (χ0v) is 17.5. The first-order chi connectivity index (χ1) is 14.4. The lowest BCUT2D eigenvalue weighted by atomic mass is 9.98. The second-order valence-electron chi connectivity index (χ2n) is 8.21. The maximum atomic E-state index is 12.9. The summed E-state index contributed by atoms with van der Waals surface area (Å²) in [5.74, 6) is 0.467. The van der Waals surface area contributed by atoms with Crippen molar-refractivity contribution in [1.82, 2.24) is 20.1 Å². The van der Waals surface area contributed by atoms with Gasteiger partial charge >= 0.3 is 0 Å². The van der Waals surface area contributed by atoms with Crippen LogP contribution < -0.4 is 0 Å². The third kappa shape index (κ3) is 3.97. The maximum absolute atomic E-state index is 12.9. The number of amides is 1. The van der Waals surface area contributed by atoms with E-state index in [0.29, 0.717) is 24.3 Å². The van der Waals surface area contributed by atoms with Crippen LogP contribution in [0.2, 0.25) is 0 Å². The van der Waals surface area contributed by atoms with Crippen LogP contribution in [-0.2, 0) is 0 Å². The van der Waals surface area contributed by atoms with Gasteiger partial charge in [0.2, 0.25) is 0 Å². The van der Waals surface area contributed by atoms with Crippen molar-refractivity contribution in [2.24, 2.45) is 0 Å². The number of hydrogen-bond donors (Lipinski definition) is 1. The molecule has 2 aromatic heterocycles. The van der Waals surface area contributed by atoms with Crippen molar-refractivity contribution >= 4 is 5.91 Å². The standard InChI is InChI=1S/C24H25N5O/c1-15(2)21-12-23(28-27-21)24(30)29-8-7-19(14-29)22-11-20(9-16(3)26-22)18-6-4-5-17(10-18)13-25/h4-6,9-12,15,19H,7-8,14H2,1-3H3,(H,27,28). The number of nitrogens with zero attached hydrogens (tertiary/aromatic N) is 4. The van der Waals surface area contributed by atoms with Gasteiger partial charge in [-0.25, -0.2) is 0 Å². The van der Waals surface area contributed by atoms with Gasteiger partial charge in [-0.15, -0.1) is 0 Å². The van der Waals surface area contributed by atoms with Gasteiger partial charge in [0.25, 0.3) is 5.91 Å². The fraction of sp³-hybridized carbons (Fsp3) is 0.333. The Bertz CT molecular complexity index is 1120. The number of rotatable bonds is 4. The van der Waals surface area contributed by atoms with Crippen LogP contribution in [0.25, 0.3) is 11.1 Å². The van der Waals surface area contributed by atoms with Gasteiger partial charge in [0.15, 0.2) is 0 Å². The van der Waals surface area contributed by atoms with Crippen LogP contribution in [-0.4, -0.2) is 39.1 Å². The van der Waals surface area contributed by atoms with Crippen molar-refractivity contribution in [2.45, 2.75) is 39.0 Å². The third-order valence-electron chi connectivity index (χ3n) is 5.61. The Kier molecular flexibility index (Phi) is 5.37. The molecule has 1 amide bonds. The summed E-state index contributed by atoms with van der Waals surface area (Å²) < 4.78 is 0. The number of carbonyl (C=O) groups is 1. The summed E-state index contributed by atoms with van der Waals surface area (Å²) in [4.78, 5) is 19.5. The van der Waals surface area contributed by atoms with Crippen LogP contribution in [0.5, 0.6) is 0 Å². The largest absolute Gasteiger partial charge is 0.337 e. The first-order valence-corrected chi connectivity index (χ1v) is 10.3. The van der Waals surface area contributed by atoms with Crippen LogP contribution in [0.15, 0.2) is 42.5 Å². The van der Waals surface area contributed by atoms with Crippen LogP contribution in [0, 0.1) is 18.3 Å². The monoisotopic (exact) mass is 399 g/mol. The summed E-state index contributed by atoms with van der Waals surface area (Å²) in [5, 5.41) is 16.3. The molecule has 1 aliphatic heterocycles. The van der Waals surface area contributed by atoms with E-state index in [-0.39, 0.29) is 17.7 Å². The van der Waals surface area contributed by atoms with E-state index in [1.54, 1.807) is 6.07 Å². The fourth-order valence-corrected chi connectivity index (χ4v) is 3.94. The first-order valence-electron chi connectivity index (χ1n) is 10.3. The molecule has 1 unspecified atom stereocenters. The highest BCUT2D eigenvalue weighted by molar-refractivity contribution is 5.92. The third-order valence-corrected chi connectivity index (χ3v) is 5.61. The van der Waals surface area contributed by atoms with Crippen LogP contribution in [0.1, 0.15) is 65.2 Å². The summed E-state index contributed by atoms with van der Waals surface area (Å²) in [6.45, 7) is 7.45. The van der Waals surface area contributed by atoms with Crippen molar-refractivity contribution in [3.63, 3.8) is 0 Å². The highest BCUT2D eigenvalue weighted by atomic mass is 16.2. The molecule has 6 nitrogen and oxygen atoms in total. The molecule has 30 heavy (non-hydrogen) atoms. The molecule has 1 saturated heterocycles. The van der Waals surface area contributed by atoms with Crippen molar-refractivity contribution in [3.05, 3.63) is 70.8 Å². The van der Waals surface area contributed by atoms with Gasteiger partial charge in [-0.05, 0) is 60.7 Å². The number of hydrogen-bond acceptors (Lipinski definition) is 4. The highest BCUT2D eigenvalue weighted by Gasteiger charge is 2.30. The molecule has 1 aliphatic rings. The predicted molar refractivity (Wildman–Crippen MR) is 115 cm³/mol. The number of aromatic amines is 1. The Labute approximate surface area is 176 Å². The molecule has 0 saturated carbocycles. The highest BCUT2D eigenvalue weighted by Crippen LogP contribution is 2.31. The molecule has 1 atom stereocenters. The molecule has 1 N–H and O–H groups in total. The molecule has 0 aliphatic carbocycles. The van der Waals surface area contributed by atoms with E-state index in [4.69, 9.17) is 4.98 Å². The summed E-state index contributed by atoms with van der Waals surface area (Å²) in [7, 11) is 0. The average Bonchev–Trinajstić information content (AvgIpc) is 3.43. The number of likely N-dealkylation sites (tertiary alicyclic amines) is 1. The van der Waals surface area contributed by atoms with Gasteiger partial charge in [-0.1, -0.05) is 26.0 Å². The van der Waals surface area contributed by atoms with Gasteiger partial charge in [-0.3, -0.25) is 14.9 Å². The molecule has 4 rings (SSSR count). The van der Waals surface area contributed by atoms with Crippen molar-refractivity contribution < 1.29 is 4.79 Å². The van der Waals surface area contributed by atoms with Crippen LogP contribution >= 0.6 is 0 Å². The summed E-state index contributed by atoms with van der Waals surface area (Å²) in [6.07, 6.45) is 0.880. The Morgan fingerprint density at radius 3 is 2.80 bits per heavy atom. The minimum absolute atomic E-state index is 0.00787. The number of nitriles is 1. The molecule has 1 aromatic carbocycles. The van der Waals surface area contributed by atoms with Crippen LogP contribution in [0.4, 0.5) is 0 Å². The van der Waals surface area contributed by atoms with Crippen molar-refractivity contribution in [2.75, 3.05) is 13.1 Å². The lowest BCUT2D eigenvalue weighted by molar-refractivity contribution is 0.0785. The molecule has 0 spiro atoms. The van der Waals surface area contributed by atoms with Gasteiger partial charge in [-0.2, -0.15) is 10.4 Å². The second kappa shape index (κ2) is 8.11. The zero-order chi connectivity index (χ0) is 21.3. The Hall–Kier alpha value is -3.46. The molecule has 152 valence electrons. The van der Waals surface area contributed by atoms with E-state index in [2.05, 4.69) is 36.2 Å². The number of benzene rings is 1. The minimum Gasteiger partial charge on any atom is -0.337 e. The first kappa shape index (κ1) is 19.8. The summed E-state index contributed by atoms with van der Waals surface area (Å²) in [6, 6.07) is 15.8. The van der Waals surface area contributed by atoms with E-state index in [1.165, 1.54) is 0 Å². The SMILES string of the molecule is Cc1cc(-c2cccc(C#N)c2)cc(C2CCN(C(=O)c3cc(C(C)C)n[nH]3)C2)n1. The molecule has 3 aromatic rings. The van der Waals surface area contributed by atoms with E-state index in [0.717, 1.165) is 34.6 Å². The fourth-order valence-electron chi connectivity index (χ4n) is 3.94. The second-order valence-corrected chi connectivity index (χ2v) is 8.21. The number of aromatic nitrogens is 3. The molecule has 3 heterocycles. The van der Waals surface area contributed by atoms with Crippen molar-refractivity contribution in [3.8, 4) is 17.2 Å².